The molecule has 0 aromatic carbocycles. The summed E-state index contributed by atoms with van der Waals surface area (Å²) in [5.74, 6) is 2.17. The fraction of sp³-hybridized carbons (Fsp3) is 1.00. The van der Waals surface area contributed by atoms with Gasteiger partial charge in [-0.3, -0.25) is 0 Å². The molecule has 2 bridgehead atoms. The van der Waals surface area contributed by atoms with Gasteiger partial charge in [-0.2, -0.15) is 0 Å². The van der Waals surface area contributed by atoms with Crippen molar-refractivity contribution < 1.29 is 0 Å². The third-order valence-corrected chi connectivity index (χ3v) is 7.07. The molecular weight excluding hydrogens is 222 g/mol. The van der Waals surface area contributed by atoms with E-state index in [1.807, 2.05) is 0 Å². The van der Waals surface area contributed by atoms with E-state index in [1.54, 1.807) is 31.7 Å². The Morgan fingerprint density at radius 3 is 2.35 bits per heavy atom. The molecule has 2 heteroatoms. The van der Waals surface area contributed by atoms with Crippen LogP contribution >= 0.6 is 0 Å². The second-order valence-corrected chi connectivity index (χ2v) is 13.8. The Hall–Kier alpha value is 0.177. The third kappa shape index (κ3) is 2.63. The molecular formula is C15H29NSi. The third-order valence-electron chi connectivity index (χ3n) is 5.30. The van der Waals surface area contributed by atoms with Crippen LogP contribution in [0.25, 0.3) is 0 Å². The monoisotopic (exact) mass is 251 g/mol. The fourth-order valence-electron chi connectivity index (χ4n) is 4.74. The van der Waals surface area contributed by atoms with Crippen LogP contribution < -0.4 is 5.32 Å². The highest BCUT2D eigenvalue weighted by Crippen LogP contribution is 2.59. The summed E-state index contributed by atoms with van der Waals surface area (Å²) in [6.45, 7) is 9.05. The maximum absolute atomic E-state index is 3.87. The first-order valence-corrected chi connectivity index (χ1v) is 11.4. The Kier molecular flexibility index (Phi) is 2.94. The van der Waals surface area contributed by atoms with Crippen molar-refractivity contribution in [2.45, 2.75) is 70.3 Å². The van der Waals surface area contributed by atoms with Crippen LogP contribution in [-0.2, 0) is 0 Å². The minimum Gasteiger partial charge on any atom is -0.313 e. The molecule has 1 N–H and O–H groups in total. The zero-order valence-electron chi connectivity index (χ0n) is 11.9. The maximum atomic E-state index is 3.87. The first-order chi connectivity index (χ1) is 7.97. The van der Waals surface area contributed by atoms with Gasteiger partial charge in [0, 0.05) is 20.7 Å². The van der Waals surface area contributed by atoms with Gasteiger partial charge in [-0.05, 0) is 49.4 Å². The first kappa shape index (κ1) is 12.2. The molecule has 3 fully saturated rings. The van der Waals surface area contributed by atoms with Crippen molar-refractivity contribution in [2.24, 2.45) is 17.3 Å². The van der Waals surface area contributed by atoms with E-state index in [0.717, 1.165) is 23.3 Å². The largest absolute Gasteiger partial charge is 0.313 e. The fourth-order valence-corrected chi connectivity index (χ4v) is 7.42. The van der Waals surface area contributed by atoms with E-state index in [9.17, 15) is 0 Å². The second-order valence-electron chi connectivity index (χ2n) is 8.34. The van der Waals surface area contributed by atoms with Gasteiger partial charge in [-0.15, -0.1) is 0 Å². The van der Waals surface area contributed by atoms with Gasteiger partial charge in [0.15, 0.2) is 0 Å². The van der Waals surface area contributed by atoms with Crippen LogP contribution in [0.2, 0.25) is 25.7 Å². The highest BCUT2D eigenvalue weighted by atomic mass is 28.3. The average molecular weight is 251 g/mol. The lowest BCUT2D eigenvalue weighted by Gasteiger charge is -2.42. The summed E-state index contributed by atoms with van der Waals surface area (Å²) < 4.78 is 0. The van der Waals surface area contributed by atoms with Crippen molar-refractivity contribution in [3.05, 3.63) is 0 Å². The molecule has 3 unspecified atom stereocenters. The summed E-state index contributed by atoms with van der Waals surface area (Å²) >= 11 is 0. The van der Waals surface area contributed by atoms with E-state index < -0.39 is 8.07 Å². The maximum Gasteiger partial charge on any atom is 0.0448 e. The van der Waals surface area contributed by atoms with E-state index in [1.165, 1.54) is 19.4 Å². The molecule has 0 aromatic heterocycles. The predicted molar refractivity (Wildman–Crippen MR) is 77.1 cm³/mol. The molecule has 0 aliphatic heterocycles. The van der Waals surface area contributed by atoms with Crippen LogP contribution in [0.4, 0.5) is 0 Å². The predicted octanol–water partition coefficient (Wildman–Crippen LogP) is 3.88. The molecule has 3 aliphatic carbocycles. The number of nitrogens with one attached hydrogen (secondary N) is 1. The van der Waals surface area contributed by atoms with Crippen molar-refractivity contribution in [1.29, 1.82) is 0 Å². The topological polar surface area (TPSA) is 12.0 Å². The zero-order valence-corrected chi connectivity index (χ0v) is 12.9. The molecule has 3 atom stereocenters. The van der Waals surface area contributed by atoms with Crippen LogP contribution in [0, 0.1) is 17.3 Å². The molecule has 0 aromatic rings. The molecule has 17 heavy (non-hydrogen) atoms. The van der Waals surface area contributed by atoms with Crippen molar-refractivity contribution in [3.8, 4) is 0 Å². The van der Waals surface area contributed by atoms with Crippen LogP contribution in [-0.4, -0.2) is 20.7 Å². The number of hydrogen-bond acceptors (Lipinski definition) is 1. The quantitative estimate of drug-likeness (QED) is 0.731. The van der Waals surface area contributed by atoms with E-state index in [-0.39, 0.29) is 0 Å². The number of fused-ring (bicyclic) bond motifs is 2. The second kappa shape index (κ2) is 4.09. The van der Waals surface area contributed by atoms with Gasteiger partial charge < -0.3 is 5.32 Å². The molecule has 3 saturated carbocycles. The normalized spacial score (nSPS) is 41.1. The Labute approximate surface area is 108 Å². The molecule has 98 valence electrons. The molecule has 0 amide bonds. The van der Waals surface area contributed by atoms with Crippen molar-refractivity contribution in [2.75, 3.05) is 6.54 Å². The standard InChI is InChI=1S/C15H29NSi/c1-17(2,3)11-15(10-16-14-6-7-14)9-12-4-5-13(15)8-12/h12-14,16H,4-11H2,1-3H3. The smallest absolute Gasteiger partial charge is 0.0448 e. The first-order valence-electron chi connectivity index (χ1n) is 7.70. The lowest BCUT2D eigenvalue weighted by Crippen LogP contribution is -2.44. The Bertz CT molecular complexity index is 292. The summed E-state index contributed by atoms with van der Waals surface area (Å²) in [6.07, 6.45) is 9.09. The Balaban J connectivity index is 1.70. The number of hydrogen-bond donors (Lipinski definition) is 1. The highest BCUT2D eigenvalue weighted by molar-refractivity contribution is 6.76. The lowest BCUT2D eigenvalue weighted by atomic mass is 9.74. The van der Waals surface area contributed by atoms with Gasteiger partial charge in [0.2, 0.25) is 0 Å². The molecule has 1 nitrogen and oxygen atoms in total. The van der Waals surface area contributed by atoms with Gasteiger partial charge in [0.25, 0.3) is 0 Å². The summed E-state index contributed by atoms with van der Waals surface area (Å²) in [7, 11) is -0.924. The molecule has 3 aliphatic rings. The van der Waals surface area contributed by atoms with E-state index in [4.69, 9.17) is 0 Å². The minimum atomic E-state index is -0.924. The zero-order chi connectivity index (χ0) is 12.1. The van der Waals surface area contributed by atoms with Crippen molar-refractivity contribution >= 4 is 8.07 Å². The summed E-state index contributed by atoms with van der Waals surface area (Å²) in [5.41, 5.74) is 0.718. The van der Waals surface area contributed by atoms with E-state index in [0.29, 0.717) is 0 Å². The van der Waals surface area contributed by atoms with E-state index >= 15 is 0 Å². The summed E-state index contributed by atoms with van der Waals surface area (Å²) in [4.78, 5) is 0. The van der Waals surface area contributed by atoms with Crippen molar-refractivity contribution in [3.63, 3.8) is 0 Å². The Morgan fingerprint density at radius 1 is 1.12 bits per heavy atom. The average Bonchev–Trinajstić information content (AvgIpc) is 2.84. The summed E-state index contributed by atoms with van der Waals surface area (Å²) in [6, 6.07) is 2.47. The van der Waals surface area contributed by atoms with Gasteiger partial charge in [0.1, 0.15) is 0 Å². The summed E-state index contributed by atoms with van der Waals surface area (Å²) in [5, 5.41) is 3.87. The van der Waals surface area contributed by atoms with Crippen LogP contribution in [0.3, 0.4) is 0 Å². The van der Waals surface area contributed by atoms with Gasteiger partial charge in [0.05, 0.1) is 0 Å². The van der Waals surface area contributed by atoms with Gasteiger partial charge >= 0.3 is 0 Å². The van der Waals surface area contributed by atoms with Crippen LogP contribution in [0.5, 0.6) is 0 Å². The number of rotatable bonds is 5. The molecule has 0 radical (unpaired) electrons. The van der Waals surface area contributed by atoms with Crippen LogP contribution in [0.1, 0.15) is 38.5 Å². The lowest BCUT2D eigenvalue weighted by molar-refractivity contribution is 0.180. The molecule has 3 rings (SSSR count). The van der Waals surface area contributed by atoms with Gasteiger partial charge in [-0.1, -0.05) is 32.1 Å². The van der Waals surface area contributed by atoms with Crippen molar-refractivity contribution in [1.82, 2.24) is 5.32 Å². The van der Waals surface area contributed by atoms with E-state index in [2.05, 4.69) is 25.0 Å². The highest BCUT2D eigenvalue weighted by Gasteiger charge is 2.52. The molecule has 0 heterocycles. The van der Waals surface area contributed by atoms with Gasteiger partial charge in [-0.25, -0.2) is 0 Å². The Morgan fingerprint density at radius 2 is 1.88 bits per heavy atom. The SMILES string of the molecule is C[Si](C)(C)CC1(CNC2CC2)CC2CCC1C2. The molecule has 0 spiro atoms. The van der Waals surface area contributed by atoms with Crippen LogP contribution in [0.15, 0.2) is 0 Å². The molecule has 0 saturated heterocycles. The minimum absolute atomic E-state index is 0.718.